The van der Waals surface area contributed by atoms with Crippen LogP contribution in [0.1, 0.15) is 21.7 Å². The van der Waals surface area contributed by atoms with Gasteiger partial charge in [0.2, 0.25) is 0 Å². The van der Waals surface area contributed by atoms with E-state index in [4.69, 9.17) is 4.74 Å². The van der Waals surface area contributed by atoms with Gasteiger partial charge in [0.25, 0.3) is 5.91 Å². The Hall–Kier alpha value is -1.36. The monoisotopic (exact) mass is 223 g/mol. The number of aromatic nitrogens is 2. The molecule has 88 valence electrons. The summed E-state index contributed by atoms with van der Waals surface area (Å²) in [6.07, 6.45) is 0. The molecule has 1 aliphatic rings. The van der Waals surface area contributed by atoms with Crippen LogP contribution in [0.25, 0.3) is 0 Å². The van der Waals surface area contributed by atoms with Gasteiger partial charge in [-0.2, -0.15) is 5.10 Å². The highest BCUT2D eigenvalue weighted by molar-refractivity contribution is 5.96. The van der Waals surface area contributed by atoms with Gasteiger partial charge < -0.3 is 9.64 Å². The van der Waals surface area contributed by atoms with Gasteiger partial charge in [-0.3, -0.25) is 9.48 Å². The van der Waals surface area contributed by atoms with Crippen molar-refractivity contribution in [3.8, 4) is 0 Å². The molecule has 5 heteroatoms. The third-order valence-electron chi connectivity index (χ3n) is 3.02. The van der Waals surface area contributed by atoms with E-state index < -0.39 is 0 Å². The van der Waals surface area contributed by atoms with Gasteiger partial charge in [-0.05, 0) is 13.8 Å². The van der Waals surface area contributed by atoms with Gasteiger partial charge in [-0.25, -0.2) is 0 Å². The summed E-state index contributed by atoms with van der Waals surface area (Å²) in [5.41, 5.74) is 2.47. The van der Waals surface area contributed by atoms with Crippen molar-refractivity contribution in [1.29, 1.82) is 0 Å². The predicted octanol–water partition coefficient (Wildman–Crippen LogP) is 0.509. The van der Waals surface area contributed by atoms with Crippen molar-refractivity contribution in [3.63, 3.8) is 0 Å². The molecule has 5 nitrogen and oxygen atoms in total. The van der Waals surface area contributed by atoms with E-state index in [1.165, 1.54) is 0 Å². The van der Waals surface area contributed by atoms with E-state index in [-0.39, 0.29) is 5.91 Å². The molecule has 0 radical (unpaired) electrons. The van der Waals surface area contributed by atoms with Gasteiger partial charge in [0.05, 0.1) is 24.5 Å². The number of hydrogen-bond acceptors (Lipinski definition) is 3. The lowest BCUT2D eigenvalue weighted by atomic mass is 10.1. The Balaban J connectivity index is 2.25. The summed E-state index contributed by atoms with van der Waals surface area (Å²) in [5.74, 6) is 0.0754. The molecular weight excluding hydrogens is 206 g/mol. The number of aryl methyl sites for hydroxylation is 2. The summed E-state index contributed by atoms with van der Waals surface area (Å²) in [6.45, 7) is 6.40. The van der Waals surface area contributed by atoms with E-state index in [1.54, 1.807) is 4.68 Å². The SMILES string of the molecule is Cc1nn(C)c(C)c1C(=O)N1CCOCC1. The quantitative estimate of drug-likeness (QED) is 0.697. The van der Waals surface area contributed by atoms with Crippen molar-refractivity contribution >= 4 is 5.91 Å². The van der Waals surface area contributed by atoms with E-state index >= 15 is 0 Å². The van der Waals surface area contributed by atoms with Crippen LogP contribution in [0.4, 0.5) is 0 Å². The largest absolute Gasteiger partial charge is 0.378 e. The van der Waals surface area contributed by atoms with Crippen LogP contribution in [0.5, 0.6) is 0 Å². The number of carbonyl (C=O) groups is 1. The number of morpholine rings is 1. The van der Waals surface area contributed by atoms with Gasteiger partial charge in [0, 0.05) is 25.8 Å². The maximum absolute atomic E-state index is 12.3. The standard InChI is InChI=1S/C11H17N3O2/c1-8-10(9(2)13(3)12-8)11(15)14-4-6-16-7-5-14/h4-7H2,1-3H3. The summed E-state index contributed by atoms with van der Waals surface area (Å²) in [4.78, 5) is 14.1. The second kappa shape index (κ2) is 4.25. The Morgan fingerprint density at radius 2 is 1.94 bits per heavy atom. The first-order valence-electron chi connectivity index (χ1n) is 5.48. The fourth-order valence-corrected chi connectivity index (χ4v) is 2.01. The molecule has 0 spiro atoms. The molecular formula is C11H17N3O2. The van der Waals surface area contributed by atoms with Crippen LogP contribution in [0.15, 0.2) is 0 Å². The molecule has 1 fully saturated rings. The molecule has 0 bridgehead atoms. The second-order valence-electron chi connectivity index (χ2n) is 4.07. The lowest BCUT2D eigenvalue weighted by molar-refractivity contribution is 0.0302. The zero-order valence-electron chi connectivity index (χ0n) is 9.99. The minimum absolute atomic E-state index is 0.0754. The molecule has 2 rings (SSSR count). The summed E-state index contributed by atoms with van der Waals surface area (Å²) >= 11 is 0. The number of ether oxygens (including phenoxy) is 1. The molecule has 0 N–H and O–H groups in total. The third-order valence-corrected chi connectivity index (χ3v) is 3.02. The minimum Gasteiger partial charge on any atom is -0.378 e. The Morgan fingerprint density at radius 3 is 2.44 bits per heavy atom. The van der Waals surface area contributed by atoms with Crippen molar-refractivity contribution < 1.29 is 9.53 Å². The van der Waals surface area contributed by atoms with Crippen LogP contribution >= 0.6 is 0 Å². The fraction of sp³-hybridized carbons (Fsp3) is 0.636. The molecule has 16 heavy (non-hydrogen) atoms. The summed E-state index contributed by atoms with van der Waals surface area (Å²) in [5, 5.41) is 4.26. The van der Waals surface area contributed by atoms with Crippen LogP contribution in [0.3, 0.4) is 0 Å². The Bertz CT molecular complexity index is 406. The van der Waals surface area contributed by atoms with Crippen LogP contribution in [-0.4, -0.2) is 46.9 Å². The van der Waals surface area contributed by atoms with Crippen LogP contribution in [-0.2, 0) is 11.8 Å². The predicted molar refractivity (Wildman–Crippen MR) is 59.4 cm³/mol. The number of nitrogens with zero attached hydrogens (tertiary/aromatic N) is 3. The number of amides is 1. The summed E-state index contributed by atoms with van der Waals surface area (Å²) < 4.78 is 6.99. The molecule has 1 amide bonds. The number of hydrogen-bond donors (Lipinski definition) is 0. The van der Waals surface area contributed by atoms with Crippen molar-refractivity contribution in [1.82, 2.24) is 14.7 Å². The third kappa shape index (κ3) is 1.82. The van der Waals surface area contributed by atoms with Gasteiger partial charge in [-0.1, -0.05) is 0 Å². The Morgan fingerprint density at radius 1 is 1.31 bits per heavy atom. The molecule has 0 aliphatic carbocycles. The van der Waals surface area contributed by atoms with Crippen LogP contribution in [0.2, 0.25) is 0 Å². The first-order chi connectivity index (χ1) is 7.61. The van der Waals surface area contributed by atoms with E-state index in [0.29, 0.717) is 26.3 Å². The molecule has 0 aromatic carbocycles. The average Bonchev–Trinajstić information content (AvgIpc) is 2.54. The molecule has 2 heterocycles. The van der Waals surface area contributed by atoms with Crippen LogP contribution in [0, 0.1) is 13.8 Å². The van der Waals surface area contributed by atoms with Gasteiger partial charge >= 0.3 is 0 Å². The highest BCUT2D eigenvalue weighted by Gasteiger charge is 2.24. The molecule has 1 saturated heterocycles. The minimum atomic E-state index is 0.0754. The summed E-state index contributed by atoms with van der Waals surface area (Å²) in [7, 11) is 1.86. The Labute approximate surface area is 95.0 Å². The van der Waals surface area contributed by atoms with Crippen molar-refractivity contribution in [2.75, 3.05) is 26.3 Å². The lowest BCUT2D eigenvalue weighted by Gasteiger charge is -2.26. The van der Waals surface area contributed by atoms with E-state index in [2.05, 4.69) is 5.10 Å². The van der Waals surface area contributed by atoms with Crippen molar-refractivity contribution in [3.05, 3.63) is 17.0 Å². The second-order valence-corrected chi connectivity index (χ2v) is 4.07. The topological polar surface area (TPSA) is 47.4 Å². The molecule has 1 aromatic heterocycles. The van der Waals surface area contributed by atoms with Gasteiger partial charge in [0.1, 0.15) is 0 Å². The van der Waals surface area contributed by atoms with E-state index in [9.17, 15) is 4.79 Å². The fourth-order valence-electron chi connectivity index (χ4n) is 2.01. The maximum Gasteiger partial charge on any atom is 0.257 e. The number of carbonyl (C=O) groups excluding carboxylic acids is 1. The van der Waals surface area contributed by atoms with Gasteiger partial charge in [0.15, 0.2) is 0 Å². The maximum atomic E-state index is 12.3. The molecule has 1 aromatic rings. The smallest absolute Gasteiger partial charge is 0.257 e. The van der Waals surface area contributed by atoms with E-state index in [0.717, 1.165) is 17.0 Å². The van der Waals surface area contributed by atoms with Crippen molar-refractivity contribution in [2.45, 2.75) is 13.8 Å². The highest BCUT2D eigenvalue weighted by Crippen LogP contribution is 2.15. The zero-order valence-corrected chi connectivity index (χ0v) is 9.99. The van der Waals surface area contributed by atoms with Crippen LogP contribution < -0.4 is 0 Å². The van der Waals surface area contributed by atoms with E-state index in [1.807, 2.05) is 25.8 Å². The Kier molecular flexibility index (Phi) is 2.96. The first kappa shape index (κ1) is 11.1. The number of rotatable bonds is 1. The first-order valence-corrected chi connectivity index (χ1v) is 5.48. The average molecular weight is 223 g/mol. The van der Waals surface area contributed by atoms with Gasteiger partial charge in [-0.15, -0.1) is 0 Å². The highest BCUT2D eigenvalue weighted by atomic mass is 16.5. The molecule has 1 aliphatic heterocycles. The zero-order chi connectivity index (χ0) is 11.7. The van der Waals surface area contributed by atoms with Crippen molar-refractivity contribution in [2.24, 2.45) is 7.05 Å². The normalized spacial score (nSPS) is 16.6. The molecule has 0 atom stereocenters. The molecule has 0 saturated carbocycles. The summed E-state index contributed by atoms with van der Waals surface area (Å²) in [6, 6.07) is 0. The molecule has 0 unspecified atom stereocenters. The lowest BCUT2D eigenvalue weighted by Crippen LogP contribution is -2.41.